The number of hydrogen-bond acceptors (Lipinski definition) is 2. The Bertz CT molecular complexity index is 287. The largest absolute Gasteiger partial charge is 0.342 e. The lowest BCUT2D eigenvalue weighted by molar-refractivity contribution is -0.142. The normalized spacial score (nSPS) is 27.1. The van der Waals surface area contributed by atoms with Gasteiger partial charge in [0.15, 0.2) is 0 Å². The van der Waals surface area contributed by atoms with Crippen molar-refractivity contribution in [3.05, 3.63) is 0 Å². The van der Waals surface area contributed by atoms with Crippen LogP contribution in [0.25, 0.3) is 0 Å². The number of nitrogens with one attached hydrogen (secondary N) is 1. The van der Waals surface area contributed by atoms with Crippen molar-refractivity contribution in [3.63, 3.8) is 0 Å². The third-order valence-electron chi connectivity index (χ3n) is 4.98. The number of hydrogen-bond donors (Lipinski definition) is 1. The molecular formula is C14H26N2O. The summed E-state index contributed by atoms with van der Waals surface area (Å²) in [5.74, 6) is 0.410. The quantitative estimate of drug-likeness (QED) is 0.799. The van der Waals surface area contributed by atoms with Crippen molar-refractivity contribution in [1.82, 2.24) is 10.2 Å². The molecule has 1 aliphatic heterocycles. The zero-order chi connectivity index (χ0) is 12.5. The minimum absolute atomic E-state index is 0.0482. The predicted molar refractivity (Wildman–Crippen MR) is 69.9 cm³/mol. The number of carbonyl (C=O) groups excluding carboxylic acids is 1. The predicted octanol–water partition coefficient (Wildman–Crippen LogP) is 2.17. The van der Waals surface area contributed by atoms with Crippen LogP contribution in [0, 0.1) is 5.41 Å². The van der Waals surface area contributed by atoms with Gasteiger partial charge in [-0.2, -0.15) is 0 Å². The summed E-state index contributed by atoms with van der Waals surface area (Å²) in [7, 11) is 2.02. The van der Waals surface area contributed by atoms with Crippen LogP contribution in [0.3, 0.4) is 0 Å². The zero-order valence-corrected chi connectivity index (χ0v) is 11.5. The minimum Gasteiger partial charge on any atom is -0.342 e. The maximum atomic E-state index is 12.5. The van der Waals surface area contributed by atoms with E-state index in [9.17, 15) is 4.79 Å². The summed E-state index contributed by atoms with van der Waals surface area (Å²) in [6, 6.07) is 0. The molecule has 0 spiro atoms. The number of nitrogens with zero attached hydrogens (tertiary/aromatic N) is 1. The van der Waals surface area contributed by atoms with Crippen molar-refractivity contribution in [3.8, 4) is 0 Å². The van der Waals surface area contributed by atoms with Gasteiger partial charge in [-0.1, -0.05) is 19.8 Å². The Morgan fingerprint density at radius 2 is 1.59 bits per heavy atom. The lowest BCUT2D eigenvalue weighted by Crippen LogP contribution is -2.53. The fourth-order valence-corrected chi connectivity index (χ4v) is 3.20. The Kier molecular flexibility index (Phi) is 3.48. The van der Waals surface area contributed by atoms with Gasteiger partial charge in [0.2, 0.25) is 5.91 Å². The highest BCUT2D eigenvalue weighted by molar-refractivity contribution is 5.82. The highest BCUT2D eigenvalue weighted by Crippen LogP contribution is 2.40. The van der Waals surface area contributed by atoms with Gasteiger partial charge in [0, 0.05) is 24.0 Å². The molecule has 0 aromatic heterocycles. The van der Waals surface area contributed by atoms with Gasteiger partial charge in [0.05, 0.1) is 0 Å². The lowest BCUT2D eigenvalue weighted by atomic mass is 9.84. The van der Waals surface area contributed by atoms with Crippen LogP contribution in [0.2, 0.25) is 0 Å². The highest BCUT2D eigenvalue weighted by Gasteiger charge is 2.41. The summed E-state index contributed by atoms with van der Waals surface area (Å²) >= 11 is 0. The SMILES string of the molecule is CNC1(C)CCN(C(=O)C2(C)CCCC2)CC1. The van der Waals surface area contributed by atoms with E-state index < -0.39 is 0 Å². The zero-order valence-electron chi connectivity index (χ0n) is 11.5. The number of likely N-dealkylation sites (tertiary alicyclic amines) is 1. The Morgan fingerprint density at radius 1 is 1.06 bits per heavy atom. The standard InChI is InChI=1S/C14H26N2O/c1-13(6-4-5-7-13)12(17)16-10-8-14(2,15-3)9-11-16/h15H,4-11H2,1-3H3. The summed E-state index contributed by atoms with van der Waals surface area (Å²) in [6.45, 7) is 6.26. The molecular weight excluding hydrogens is 212 g/mol. The number of carbonyl (C=O) groups is 1. The van der Waals surface area contributed by atoms with Crippen LogP contribution in [-0.2, 0) is 4.79 Å². The average Bonchev–Trinajstić information content (AvgIpc) is 2.78. The topological polar surface area (TPSA) is 32.3 Å². The van der Waals surface area contributed by atoms with Crippen LogP contribution >= 0.6 is 0 Å². The summed E-state index contributed by atoms with van der Waals surface area (Å²) in [5, 5.41) is 3.38. The van der Waals surface area contributed by atoms with Gasteiger partial charge in [0.25, 0.3) is 0 Å². The molecule has 0 aromatic rings. The second-order valence-corrected chi connectivity index (χ2v) is 6.37. The molecule has 2 fully saturated rings. The summed E-state index contributed by atoms with van der Waals surface area (Å²) in [6.07, 6.45) is 6.78. The van der Waals surface area contributed by atoms with Crippen molar-refractivity contribution in [2.24, 2.45) is 5.41 Å². The van der Waals surface area contributed by atoms with E-state index in [4.69, 9.17) is 0 Å². The van der Waals surface area contributed by atoms with Crippen LogP contribution in [0.5, 0.6) is 0 Å². The first-order chi connectivity index (χ1) is 7.99. The second kappa shape index (κ2) is 4.60. The Hall–Kier alpha value is -0.570. The van der Waals surface area contributed by atoms with Gasteiger partial charge >= 0.3 is 0 Å². The highest BCUT2D eigenvalue weighted by atomic mass is 16.2. The van der Waals surface area contributed by atoms with Crippen LogP contribution in [0.15, 0.2) is 0 Å². The van der Waals surface area contributed by atoms with E-state index in [-0.39, 0.29) is 11.0 Å². The third-order valence-corrected chi connectivity index (χ3v) is 4.98. The molecule has 17 heavy (non-hydrogen) atoms. The molecule has 0 unspecified atom stereocenters. The maximum Gasteiger partial charge on any atom is 0.228 e. The van der Waals surface area contributed by atoms with Gasteiger partial charge in [-0.25, -0.2) is 0 Å². The molecule has 0 aromatic carbocycles. The van der Waals surface area contributed by atoms with Crippen molar-refractivity contribution in [2.45, 2.75) is 57.9 Å². The first-order valence-electron chi connectivity index (χ1n) is 6.97. The summed E-state index contributed by atoms with van der Waals surface area (Å²) in [4.78, 5) is 14.6. The van der Waals surface area contributed by atoms with Gasteiger partial charge in [-0.05, 0) is 39.7 Å². The van der Waals surface area contributed by atoms with E-state index in [1.54, 1.807) is 0 Å². The summed E-state index contributed by atoms with van der Waals surface area (Å²) < 4.78 is 0. The van der Waals surface area contributed by atoms with Gasteiger partial charge < -0.3 is 10.2 Å². The molecule has 0 bridgehead atoms. The number of piperidine rings is 1. The smallest absolute Gasteiger partial charge is 0.228 e. The van der Waals surface area contributed by atoms with Crippen LogP contribution in [0.4, 0.5) is 0 Å². The molecule has 1 aliphatic carbocycles. The first-order valence-corrected chi connectivity index (χ1v) is 6.97. The summed E-state index contributed by atoms with van der Waals surface area (Å²) in [5.41, 5.74) is 0.181. The maximum absolute atomic E-state index is 12.5. The van der Waals surface area contributed by atoms with E-state index >= 15 is 0 Å². The third kappa shape index (κ3) is 2.49. The first kappa shape index (κ1) is 12.9. The molecule has 1 saturated carbocycles. The fourth-order valence-electron chi connectivity index (χ4n) is 3.20. The number of rotatable bonds is 2. The van der Waals surface area contributed by atoms with Gasteiger partial charge in [-0.15, -0.1) is 0 Å². The van der Waals surface area contributed by atoms with Crippen LogP contribution in [-0.4, -0.2) is 36.5 Å². The second-order valence-electron chi connectivity index (χ2n) is 6.37. The van der Waals surface area contributed by atoms with E-state index in [2.05, 4.69) is 24.1 Å². The lowest BCUT2D eigenvalue weighted by Gasteiger charge is -2.41. The van der Waals surface area contributed by atoms with E-state index in [0.717, 1.165) is 38.8 Å². The molecule has 1 saturated heterocycles. The molecule has 0 radical (unpaired) electrons. The van der Waals surface area contributed by atoms with Crippen LogP contribution < -0.4 is 5.32 Å². The van der Waals surface area contributed by atoms with Crippen molar-refractivity contribution in [2.75, 3.05) is 20.1 Å². The van der Waals surface area contributed by atoms with Crippen LogP contribution in [0.1, 0.15) is 52.4 Å². The molecule has 98 valence electrons. The molecule has 1 amide bonds. The van der Waals surface area contributed by atoms with E-state index in [1.807, 2.05) is 7.05 Å². The fraction of sp³-hybridized carbons (Fsp3) is 0.929. The van der Waals surface area contributed by atoms with E-state index in [1.165, 1.54) is 12.8 Å². The molecule has 2 rings (SSSR count). The van der Waals surface area contributed by atoms with Gasteiger partial charge in [-0.3, -0.25) is 4.79 Å². The number of amides is 1. The van der Waals surface area contributed by atoms with E-state index in [0.29, 0.717) is 5.91 Å². The molecule has 0 atom stereocenters. The minimum atomic E-state index is -0.0482. The molecule has 3 nitrogen and oxygen atoms in total. The molecule has 2 aliphatic rings. The van der Waals surface area contributed by atoms with Crippen molar-refractivity contribution in [1.29, 1.82) is 0 Å². The van der Waals surface area contributed by atoms with Gasteiger partial charge in [0.1, 0.15) is 0 Å². The molecule has 1 N–H and O–H groups in total. The Labute approximate surface area is 105 Å². The molecule has 3 heteroatoms. The monoisotopic (exact) mass is 238 g/mol. The Morgan fingerprint density at radius 3 is 2.06 bits per heavy atom. The average molecular weight is 238 g/mol. The van der Waals surface area contributed by atoms with Crippen molar-refractivity contribution < 1.29 is 4.79 Å². The van der Waals surface area contributed by atoms with Crippen molar-refractivity contribution >= 4 is 5.91 Å². The molecule has 1 heterocycles. The Balaban J connectivity index is 1.94.